The van der Waals surface area contributed by atoms with Crippen LogP contribution >= 0.6 is 0 Å². The minimum Gasteiger partial charge on any atom is -0.330 e. The van der Waals surface area contributed by atoms with Gasteiger partial charge in [-0.15, -0.1) is 0 Å². The van der Waals surface area contributed by atoms with E-state index in [1.165, 1.54) is 51.6 Å². The molecule has 0 radical (unpaired) electrons. The van der Waals surface area contributed by atoms with Crippen LogP contribution in [0.4, 0.5) is 0 Å². The summed E-state index contributed by atoms with van der Waals surface area (Å²) < 4.78 is 0. The van der Waals surface area contributed by atoms with Crippen LogP contribution in [0.1, 0.15) is 59.3 Å². The van der Waals surface area contributed by atoms with Crippen LogP contribution in [0.3, 0.4) is 0 Å². The summed E-state index contributed by atoms with van der Waals surface area (Å²) in [5, 5.41) is 0. The van der Waals surface area contributed by atoms with Crippen molar-refractivity contribution < 1.29 is 0 Å². The third kappa shape index (κ3) is 3.71. The fourth-order valence-corrected chi connectivity index (χ4v) is 4.20. The first-order valence-electron chi connectivity index (χ1n) is 7.94. The zero-order valence-corrected chi connectivity index (χ0v) is 12.6. The molecule has 1 aliphatic carbocycles. The van der Waals surface area contributed by atoms with Crippen molar-refractivity contribution in [3.05, 3.63) is 0 Å². The van der Waals surface area contributed by atoms with E-state index in [9.17, 15) is 0 Å². The average Bonchev–Trinajstić information content (AvgIpc) is 2.75. The number of nitrogens with zero attached hydrogens (tertiary/aromatic N) is 1. The maximum Gasteiger partial charge on any atom is 0.0124 e. The van der Waals surface area contributed by atoms with Gasteiger partial charge in [-0.3, -0.25) is 4.90 Å². The number of rotatable bonds is 4. The molecular formula is C16H32N2. The first-order valence-corrected chi connectivity index (χ1v) is 7.94. The molecule has 2 fully saturated rings. The zero-order valence-electron chi connectivity index (χ0n) is 12.6. The fourth-order valence-electron chi connectivity index (χ4n) is 4.20. The molecule has 2 nitrogen and oxygen atoms in total. The second-order valence-electron chi connectivity index (χ2n) is 7.76. The molecule has 0 bridgehead atoms. The number of nitrogens with two attached hydrogens (primary N) is 1. The van der Waals surface area contributed by atoms with E-state index in [0.717, 1.165) is 18.5 Å². The molecule has 0 amide bonds. The molecule has 1 heterocycles. The molecule has 2 heteroatoms. The van der Waals surface area contributed by atoms with Gasteiger partial charge < -0.3 is 5.73 Å². The first kappa shape index (κ1) is 14.3. The lowest BCUT2D eigenvalue weighted by molar-refractivity contribution is 0.0863. The van der Waals surface area contributed by atoms with Gasteiger partial charge >= 0.3 is 0 Å². The van der Waals surface area contributed by atoms with Crippen molar-refractivity contribution in [1.29, 1.82) is 0 Å². The molecule has 3 unspecified atom stereocenters. The molecule has 0 aromatic heterocycles. The first-order chi connectivity index (χ1) is 8.49. The van der Waals surface area contributed by atoms with Crippen molar-refractivity contribution in [3.8, 4) is 0 Å². The van der Waals surface area contributed by atoms with Crippen molar-refractivity contribution in [2.45, 2.75) is 65.3 Å². The molecule has 1 saturated carbocycles. The summed E-state index contributed by atoms with van der Waals surface area (Å²) in [6, 6.07) is 0.896. The van der Waals surface area contributed by atoms with E-state index in [-0.39, 0.29) is 0 Å². The lowest BCUT2D eigenvalue weighted by Gasteiger charge is -2.40. The van der Waals surface area contributed by atoms with E-state index in [1.54, 1.807) is 0 Å². The normalized spacial score (nSPS) is 31.3. The van der Waals surface area contributed by atoms with Crippen molar-refractivity contribution >= 4 is 0 Å². The molecule has 1 saturated heterocycles. The summed E-state index contributed by atoms with van der Waals surface area (Å²) in [7, 11) is 0. The molecule has 0 aromatic carbocycles. The van der Waals surface area contributed by atoms with Gasteiger partial charge in [-0.25, -0.2) is 0 Å². The van der Waals surface area contributed by atoms with Crippen LogP contribution in [0.5, 0.6) is 0 Å². The van der Waals surface area contributed by atoms with E-state index in [4.69, 9.17) is 5.73 Å². The van der Waals surface area contributed by atoms with Gasteiger partial charge in [-0.05, 0) is 62.4 Å². The Balaban J connectivity index is 1.90. The van der Waals surface area contributed by atoms with Crippen LogP contribution in [0.15, 0.2) is 0 Å². The molecule has 0 aromatic rings. The summed E-state index contributed by atoms with van der Waals surface area (Å²) in [6.45, 7) is 10.4. The monoisotopic (exact) mass is 252 g/mol. The Bertz CT molecular complexity index is 256. The molecule has 106 valence electrons. The lowest BCUT2D eigenvalue weighted by Crippen LogP contribution is -2.46. The van der Waals surface area contributed by atoms with Crippen LogP contribution in [-0.2, 0) is 0 Å². The average molecular weight is 252 g/mol. The summed E-state index contributed by atoms with van der Waals surface area (Å²) in [6.07, 6.45) is 8.53. The maximum atomic E-state index is 6.01. The highest BCUT2D eigenvalue weighted by molar-refractivity contribution is 4.90. The van der Waals surface area contributed by atoms with E-state index in [0.29, 0.717) is 11.3 Å². The third-order valence-corrected chi connectivity index (χ3v) is 4.84. The van der Waals surface area contributed by atoms with Gasteiger partial charge in [0, 0.05) is 12.6 Å². The largest absolute Gasteiger partial charge is 0.330 e. The van der Waals surface area contributed by atoms with Crippen molar-refractivity contribution in [3.63, 3.8) is 0 Å². The smallest absolute Gasteiger partial charge is 0.0124 e. The zero-order chi connectivity index (χ0) is 13.2. The highest BCUT2D eigenvalue weighted by Crippen LogP contribution is 2.37. The summed E-state index contributed by atoms with van der Waals surface area (Å²) in [5.74, 6) is 1.69. The number of hydrogen-bond acceptors (Lipinski definition) is 2. The Morgan fingerprint density at radius 3 is 2.56 bits per heavy atom. The van der Waals surface area contributed by atoms with Crippen LogP contribution < -0.4 is 5.73 Å². The minimum atomic E-state index is 0.412. The molecular weight excluding hydrogens is 220 g/mol. The number of likely N-dealkylation sites (tertiary alicyclic amines) is 1. The van der Waals surface area contributed by atoms with Crippen LogP contribution in [0.2, 0.25) is 0 Å². The topological polar surface area (TPSA) is 29.3 Å². The minimum absolute atomic E-state index is 0.412. The van der Waals surface area contributed by atoms with E-state index in [1.807, 2.05) is 0 Å². The SMILES string of the molecule is CC(C)(C)CC(CN)CN1CCCC2CCCC21. The lowest BCUT2D eigenvalue weighted by atomic mass is 9.83. The number of hydrogen-bond donors (Lipinski definition) is 1. The molecule has 2 N–H and O–H groups in total. The van der Waals surface area contributed by atoms with Crippen molar-refractivity contribution in [2.75, 3.05) is 19.6 Å². The number of piperidine rings is 1. The molecule has 0 spiro atoms. The summed E-state index contributed by atoms with van der Waals surface area (Å²) in [4.78, 5) is 2.78. The molecule has 1 aliphatic heterocycles. The quantitative estimate of drug-likeness (QED) is 0.832. The summed E-state index contributed by atoms with van der Waals surface area (Å²) >= 11 is 0. The van der Waals surface area contributed by atoms with Gasteiger partial charge in [0.05, 0.1) is 0 Å². The number of fused-ring (bicyclic) bond motifs is 1. The van der Waals surface area contributed by atoms with Crippen molar-refractivity contribution in [1.82, 2.24) is 4.90 Å². The Hall–Kier alpha value is -0.0800. The Kier molecular flexibility index (Phi) is 4.71. The second kappa shape index (κ2) is 5.92. The predicted molar refractivity (Wildman–Crippen MR) is 78.6 cm³/mol. The molecule has 2 rings (SSSR count). The Labute approximate surface area is 113 Å². The van der Waals surface area contributed by atoms with Gasteiger partial charge in [0.25, 0.3) is 0 Å². The molecule has 18 heavy (non-hydrogen) atoms. The summed E-state index contributed by atoms with van der Waals surface area (Å²) in [5.41, 5.74) is 6.42. The highest BCUT2D eigenvalue weighted by atomic mass is 15.2. The molecule has 3 atom stereocenters. The van der Waals surface area contributed by atoms with Crippen LogP contribution in [0, 0.1) is 17.3 Å². The highest BCUT2D eigenvalue weighted by Gasteiger charge is 2.35. The standard InChI is InChI=1S/C16H32N2/c1-16(2,3)10-13(11-17)12-18-9-5-7-14-6-4-8-15(14)18/h13-15H,4-12,17H2,1-3H3. The van der Waals surface area contributed by atoms with Crippen LogP contribution in [-0.4, -0.2) is 30.6 Å². The van der Waals surface area contributed by atoms with Crippen molar-refractivity contribution in [2.24, 2.45) is 23.0 Å². The van der Waals surface area contributed by atoms with E-state index < -0.39 is 0 Å². The van der Waals surface area contributed by atoms with E-state index >= 15 is 0 Å². The van der Waals surface area contributed by atoms with Gasteiger partial charge in [0.2, 0.25) is 0 Å². The maximum absolute atomic E-state index is 6.01. The van der Waals surface area contributed by atoms with Gasteiger partial charge in [0.15, 0.2) is 0 Å². The van der Waals surface area contributed by atoms with Crippen LogP contribution in [0.25, 0.3) is 0 Å². The predicted octanol–water partition coefficient (Wildman–Crippen LogP) is 3.26. The Morgan fingerprint density at radius 2 is 1.89 bits per heavy atom. The van der Waals surface area contributed by atoms with E-state index in [2.05, 4.69) is 25.7 Å². The molecule has 2 aliphatic rings. The third-order valence-electron chi connectivity index (χ3n) is 4.84. The van der Waals surface area contributed by atoms with Gasteiger partial charge in [-0.2, -0.15) is 0 Å². The second-order valence-corrected chi connectivity index (χ2v) is 7.76. The van der Waals surface area contributed by atoms with Gasteiger partial charge in [-0.1, -0.05) is 27.2 Å². The fraction of sp³-hybridized carbons (Fsp3) is 1.00. The van der Waals surface area contributed by atoms with Gasteiger partial charge in [0.1, 0.15) is 0 Å². The Morgan fingerprint density at radius 1 is 1.17 bits per heavy atom.